The molecule has 0 bridgehead atoms. The van der Waals surface area contributed by atoms with Crippen molar-refractivity contribution < 1.29 is 9.13 Å². The van der Waals surface area contributed by atoms with Crippen LogP contribution < -0.4 is 5.32 Å². The van der Waals surface area contributed by atoms with Crippen LogP contribution in [0.2, 0.25) is 0 Å². The molecule has 0 aromatic heterocycles. The van der Waals surface area contributed by atoms with E-state index in [4.69, 9.17) is 4.74 Å². The van der Waals surface area contributed by atoms with Crippen molar-refractivity contribution in [1.29, 1.82) is 0 Å². The summed E-state index contributed by atoms with van der Waals surface area (Å²) in [5.74, 6) is -0.221. The van der Waals surface area contributed by atoms with E-state index in [0.717, 1.165) is 5.56 Å². The lowest BCUT2D eigenvalue weighted by Crippen LogP contribution is -2.22. The second-order valence-electron chi connectivity index (χ2n) is 3.79. The van der Waals surface area contributed by atoms with Crippen molar-refractivity contribution in [3.8, 4) is 0 Å². The summed E-state index contributed by atoms with van der Waals surface area (Å²) in [7, 11) is 1.86. The van der Waals surface area contributed by atoms with E-state index in [1.54, 1.807) is 6.07 Å². The standard InChI is InChI=1S/C12H18FNO/c1-9(2)15-12(8-14-3)10-5-4-6-11(13)7-10/h4-7,9,12,14H,8H2,1-3H3. The number of hydrogen-bond acceptors (Lipinski definition) is 2. The molecule has 0 saturated carbocycles. The predicted molar refractivity (Wildman–Crippen MR) is 59.3 cm³/mol. The number of ether oxygens (including phenoxy) is 1. The van der Waals surface area contributed by atoms with Crippen molar-refractivity contribution >= 4 is 0 Å². The highest BCUT2D eigenvalue weighted by Gasteiger charge is 2.13. The minimum absolute atomic E-state index is 0.0919. The molecular weight excluding hydrogens is 193 g/mol. The highest BCUT2D eigenvalue weighted by molar-refractivity contribution is 5.19. The van der Waals surface area contributed by atoms with Gasteiger partial charge in [0, 0.05) is 6.54 Å². The molecule has 0 saturated heterocycles. The van der Waals surface area contributed by atoms with Crippen LogP contribution in [0.4, 0.5) is 4.39 Å². The zero-order chi connectivity index (χ0) is 11.3. The van der Waals surface area contributed by atoms with Gasteiger partial charge in [0.05, 0.1) is 12.2 Å². The topological polar surface area (TPSA) is 21.3 Å². The molecule has 1 unspecified atom stereocenters. The molecule has 0 aliphatic heterocycles. The maximum atomic E-state index is 13.0. The zero-order valence-electron chi connectivity index (χ0n) is 9.46. The van der Waals surface area contributed by atoms with Gasteiger partial charge in [-0.1, -0.05) is 12.1 Å². The Labute approximate surface area is 90.4 Å². The van der Waals surface area contributed by atoms with Gasteiger partial charge in [-0.3, -0.25) is 0 Å². The Morgan fingerprint density at radius 2 is 2.13 bits per heavy atom. The molecule has 0 amide bonds. The molecule has 1 N–H and O–H groups in total. The summed E-state index contributed by atoms with van der Waals surface area (Å²) in [6, 6.07) is 6.55. The van der Waals surface area contributed by atoms with Crippen LogP contribution in [0.1, 0.15) is 25.5 Å². The van der Waals surface area contributed by atoms with Crippen molar-refractivity contribution in [2.24, 2.45) is 0 Å². The number of hydrogen-bond donors (Lipinski definition) is 1. The Morgan fingerprint density at radius 3 is 2.67 bits per heavy atom. The van der Waals surface area contributed by atoms with Gasteiger partial charge in [0.15, 0.2) is 0 Å². The first-order valence-corrected chi connectivity index (χ1v) is 5.19. The van der Waals surface area contributed by atoms with E-state index in [2.05, 4.69) is 5.32 Å². The minimum atomic E-state index is -0.221. The summed E-state index contributed by atoms with van der Waals surface area (Å²) in [5.41, 5.74) is 0.873. The summed E-state index contributed by atoms with van der Waals surface area (Å²) >= 11 is 0. The molecule has 3 heteroatoms. The van der Waals surface area contributed by atoms with Crippen LogP contribution >= 0.6 is 0 Å². The number of benzene rings is 1. The van der Waals surface area contributed by atoms with Gasteiger partial charge in [0.1, 0.15) is 5.82 Å². The highest BCUT2D eigenvalue weighted by atomic mass is 19.1. The van der Waals surface area contributed by atoms with Gasteiger partial charge in [-0.15, -0.1) is 0 Å². The van der Waals surface area contributed by atoms with Gasteiger partial charge in [0.2, 0.25) is 0 Å². The third-order valence-corrected chi connectivity index (χ3v) is 2.05. The van der Waals surface area contributed by atoms with E-state index >= 15 is 0 Å². The van der Waals surface area contributed by atoms with E-state index in [-0.39, 0.29) is 18.0 Å². The van der Waals surface area contributed by atoms with Crippen LogP contribution in [0, 0.1) is 5.82 Å². The SMILES string of the molecule is CNCC(OC(C)C)c1cccc(F)c1. The Bertz CT molecular complexity index is 301. The molecule has 1 atom stereocenters. The molecule has 15 heavy (non-hydrogen) atoms. The maximum absolute atomic E-state index is 13.0. The average molecular weight is 211 g/mol. The summed E-state index contributed by atoms with van der Waals surface area (Å²) < 4.78 is 18.7. The fourth-order valence-corrected chi connectivity index (χ4v) is 1.47. The fraction of sp³-hybridized carbons (Fsp3) is 0.500. The van der Waals surface area contributed by atoms with Crippen LogP contribution in [0.5, 0.6) is 0 Å². The Kier molecular flexibility index (Phi) is 4.72. The van der Waals surface area contributed by atoms with Crippen molar-refractivity contribution in [3.63, 3.8) is 0 Å². The monoisotopic (exact) mass is 211 g/mol. The van der Waals surface area contributed by atoms with Crippen molar-refractivity contribution in [2.75, 3.05) is 13.6 Å². The highest BCUT2D eigenvalue weighted by Crippen LogP contribution is 2.19. The van der Waals surface area contributed by atoms with E-state index in [0.29, 0.717) is 6.54 Å². The average Bonchev–Trinajstić information content (AvgIpc) is 2.16. The normalized spacial score (nSPS) is 13.1. The van der Waals surface area contributed by atoms with Gasteiger partial charge in [0.25, 0.3) is 0 Å². The van der Waals surface area contributed by atoms with Crippen LogP contribution in [-0.2, 0) is 4.74 Å². The molecule has 1 aromatic carbocycles. The molecule has 2 nitrogen and oxygen atoms in total. The molecule has 0 aliphatic rings. The van der Waals surface area contributed by atoms with Crippen molar-refractivity contribution in [2.45, 2.75) is 26.1 Å². The number of halogens is 1. The molecule has 0 aliphatic carbocycles. The quantitative estimate of drug-likeness (QED) is 0.808. The van der Waals surface area contributed by atoms with Gasteiger partial charge in [-0.25, -0.2) is 4.39 Å². The smallest absolute Gasteiger partial charge is 0.123 e. The van der Waals surface area contributed by atoms with Crippen LogP contribution in [0.25, 0.3) is 0 Å². The first-order valence-electron chi connectivity index (χ1n) is 5.19. The van der Waals surface area contributed by atoms with E-state index in [9.17, 15) is 4.39 Å². The summed E-state index contributed by atoms with van der Waals surface area (Å²) in [6.45, 7) is 4.63. The van der Waals surface area contributed by atoms with Crippen LogP contribution in [0.3, 0.4) is 0 Å². The Balaban J connectivity index is 2.78. The minimum Gasteiger partial charge on any atom is -0.370 e. The first-order chi connectivity index (χ1) is 7.13. The molecular formula is C12H18FNO. The van der Waals surface area contributed by atoms with Crippen LogP contribution in [-0.4, -0.2) is 19.7 Å². The largest absolute Gasteiger partial charge is 0.370 e. The molecule has 0 radical (unpaired) electrons. The summed E-state index contributed by atoms with van der Waals surface area (Å²) in [6.07, 6.45) is 0.0392. The Hall–Kier alpha value is -0.930. The molecule has 0 heterocycles. The second-order valence-corrected chi connectivity index (χ2v) is 3.79. The predicted octanol–water partition coefficient (Wildman–Crippen LogP) is 2.51. The lowest BCUT2D eigenvalue weighted by atomic mass is 10.1. The second kappa shape index (κ2) is 5.83. The maximum Gasteiger partial charge on any atom is 0.123 e. The van der Waals surface area contributed by atoms with E-state index in [1.807, 2.05) is 27.0 Å². The third kappa shape index (κ3) is 3.98. The third-order valence-electron chi connectivity index (χ3n) is 2.05. The van der Waals surface area contributed by atoms with Gasteiger partial charge in [-0.05, 0) is 38.6 Å². The number of nitrogens with one attached hydrogen (secondary N) is 1. The van der Waals surface area contributed by atoms with Crippen molar-refractivity contribution in [1.82, 2.24) is 5.32 Å². The lowest BCUT2D eigenvalue weighted by Gasteiger charge is -2.20. The molecule has 0 spiro atoms. The van der Waals surface area contributed by atoms with E-state index in [1.165, 1.54) is 12.1 Å². The van der Waals surface area contributed by atoms with Gasteiger partial charge < -0.3 is 10.1 Å². The zero-order valence-corrected chi connectivity index (χ0v) is 9.46. The molecule has 1 aromatic rings. The van der Waals surface area contributed by atoms with E-state index < -0.39 is 0 Å². The van der Waals surface area contributed by atoms with Crippen molar-refractivity contribution in [3.05, 3.63) is 35.6 Å². The first kappa shape index (κ1) is 12.1. The molecule has 1 rings (SSSR count). The fourth-order valence-electron chi connectivity index (χ4n) is 1.47. The number of likely N-dealkylation sites (N-methyl/N-ethyl adjacent to an activating group) is 1. The lowest BCUT2D eigenvalue weighted by molar-refractivity contribution is 0.00798. The summed E-state index contributed by atoms with van der Waals surface area (Å²) in [4.78, 5) is 0. The van der Waals surface area contributed by atoms with Crippen LogP contribution in [0.15, 0.2) is 24.3 Å². The number of rotatable bonds is 5. The van der Waals surface area contributed by atoms with Gasteiger partial charge in [-0.2, -0.15) is 0 Å². The molecule has 0 fully saturated rings. The molecule has 84 valence electrons. The summed E-state index contributed by atoms with van der Waals surface area (Å²) in [5, 5.41) is 3.04. The Morgan fingerprint density at radius 1 is 1.40 bits per heavy atom. The van der Waals surface area contributed by atoms with Gasteiger partial charge >= 0.3 is 0 Å².